The molecule has 1 saturated heterocycles. The van der Waals surface area contributed by atoms with Gasteiger partial charge in [0.2, 0.25) is 0 Å². The fourth-order valence-electron chi connectivity index (χ4n) is 3.68. The number of carbonyl (C=O) groups is 1. The lowest BCUT2D eigenvalue weighted by Gasteiger charge is -2.37. The minimum Gasteiger partial charge on any atom is -0.383 e. The van der Waals surface area contributed by atoms with E-state index in [2.05, 4.69) is 34.6 Å². The summed E-state index contributed by atoms with van der Waals surface area (Å²) in [5.74, 6) is -0.0930. The lowest BCUT2D eigenvalue weighted by molar-refractivity contribution is -0.0245. The molecule has 1 aliphatic rings. The molecule has 0 aliphatic carbocycles. The molecule has 0 unspecified atom stereocenters. The highest BCUT2D eigenvalue weighted by atomic mass is 16.3. The Labute approximate surface area is 175 Å². The highest BCUT2D eigenvalue weighted by Gasteiger charge is 2.38. The molecule has 1 aliphatic heterocycles. The van der Waals surface area contributed by atoms with E-state index in [1.165, 1.54) is 5.56 Å². The van der Waals surface area contributed by atoms with Gasteiger partial charge in [-0.15, -0.1) is 5.10 Å². The maximum Gasteiger partial charge on any atom is 0.253 e. The molecule has 1 amide bonds. The van der Waals surface area contributed by atoms with Crippen LogP contribution in [0, 0.1) is 18.3 Å². The van der Waals surface area contributed by atoms with Crippen LogP contribution in [0.5, 0.6) is 0 Å². The van der Waals surface area contributed by atoms with E-state index < -0.39 is 5.60 Å². The molecule has 0 spiro atoms. The first-order valence-corrected chi connectivity index (χ1v) is 9.95. The summed E-state index contributed by atoms with van der Waals surface area (Å²) in [6, 6.07) is 16.9. The van der Waals surface area contributed by atoms with Crippen molar-refractivity contribution >= 4 is 5.91 Å². The lowest BCUT2D eigenvalue weighted by Crippen LogP contribution is -2.45. The van der Waals surface area contributed by atoms with Gasteiger partial charge in [-0.05, 0) is 49.6 Å². The van der Waals surface area contributed by atoms with E-state index in [0.717, 1.165) is 5.56 Å². The molecule has 1 N–H and O–H groups in total. The van der Waals surface area contributed by atoms with Crippen LogP contribution in [-0.4, -0.2) is 44.0 Å². The fraction of sp³-hybridized carbons (Fsp3) is 0.304. The zero-order valence-corrected chi connectivity index (χ0v) is 16.8. The second kappa shape index (κ2) is 8.09. The maximum atomic E-state index is 12.7. The third-order valence-corrected chi connectivity index (χ3v) is 5.62. The van der Waals surface area contributed by atoms with Gasteiger partial charge >= 0.3 is 0 Å². The summed E-state index contributed by atoms with van der Waals surface area (Å²) in [4.78, 5) is 14.4. The lowest BCUT2D eigenvalue weighted by atomic mass is 9.88. The first-order chi connectivity index (χ1) is 14.5. The SMILES string of the molecule is Cc1ccc(Cn2cc(C3(O)CCN(C(=O)c4ccc(C#N)cc4)CC3)nn2)cc1. The van der Waals surface area contributed by atoms with Crippen LogP contribution in [0.15, 0.2) is 54.7 Å². The van der Waals surface area contributed by atoms with Gasteiger partial charge in [-0.3, -0.25) is 4.79 Å². The van der Waals surface area contributed by atoms with Crippen LogP contribution in [0.2, 0.25) is 0 Å². The summed E-state index contributed by atoms with van der Waals surface area (Å²) in [7, 11) is 0. The Bertz CT molecular complexity index is 1070. The van der Waals surface area contributed by atoms with Crippen molar-refractivity contribution in [2.24, 2.45) is 0 Å². The number of nitriles is 1. The van der Waals surface area contributed by atoms with Gasteiger partial charge in [-0.25, -0.2) is 4.68 Å². The third kappa shape index (κ3) is 4.09. The quantitative estimate of drug-likeness (QED) is 0.725. The second-order valence-electron chi connectivity index (χ2n) is 7.80. The Hall–Kier alpha value is -3.50. The van der Waals surface area contributed by atoms with Crippen LogP contribution in [0.4, 0.5) is 0 Å². The number of aryl methyl sites for hydroxylation is 1. The van der Waals surface area contributed by atoms with Crippen molar-refractivity contribution in [1.29, 1.82) is 5.26 Å². The second-order valence-corrected chi connectivity index (χ2v) is 7.80. The van der Waals surface area contributed by atoms with Crippen LogP contribution in [0.1, 0.15) is 45.6 Å². The van der Waals surface area contributed by atoms with Gasteiger partial charge in [0.1, 0.15) is 11.3 Å². The van der Waals surface area contributed by atoms with E-state index in [4.69, 9.17) is 5.26 Å². The van der Waals surface area contributed by atoms with Gasteiger partial charge in [0.05, 0.1) is 24.4 Å². The van der Waals surface area contributed by atoms with Crippen molar-refractivity contribution in [3.63, 3.8) is 0 Å². The Kier molecular flexibility index (Phi) is 5.34. The van der Waals surface area contributed by atoms with Gasteiger partial charge in [0.25, 0.3) is 5.91 Å². The molecule has 0 radical (unpaired) electrons. The first-order valence-electron chi connectivity index (χ1n) is 9.95. The number of rotatable bonds is 4. The number of aliphatic hydroxyl groups is 1. The van der Waals surface area contributed by atoms with Gasteiger partial charge < -0.3 is 10.0 Å². The van der Waals surface area contributed by atoms with Crippen LogP contribution >= 0.6 is 0 Å². The van der Waals surface area contributed by atoms with Crippen molar-refractivity contribution in [3.05, 3.63) is 82.7 Å². The highest BCUT2D eigenvalue weighted by molar-refractivity contribution is 5.94. The summed E-state index contributed by atoms with van der Waals surface area (Å²) in [5, 5.41) is 28.4. The van der Waals surface area contributed by atoms with Crippen LogP contribution in [0.3, 0.4) is 0 Å². The molecule has 0 saturated carbocycles. The summed E-state index contributed by atoms with van der Waals surface area (Å²) >= 11 is 0. The zero-order chi connectivity index (χ0) is 21.1. The molecular formula is C23H23N5O2. The van der Waals surface area contributed by atoms with E-state index in [9.17, 15) is 9.90 Å². The van der Waals surface area contributed by atoms with E-state index in [1.807, 2.05) is 13.0 Å². The number of hydrogen-bond acceptors (Lipinski definition) is 5. The van der Waals surface area contributed by atoms with E-state index in [1.54, 1.807) is 40.0 Å². The molecule has 1 aromatic heterocycles. The van der Waals surface area contributed by atoms with Gasteiger partial charge in [-0.2, -0.15) is 5.26 Å². The Morgan fingerprint density at radius 1 is 1.13 bits per heavy atom. The Morgan fingerprint density at radius 3 is 2.43 bits per heavy atom. The third-order valence-electron chi connectivity index (χ3n) is 5.62. The van der Waals surface area contributed by atoms with Crippen molar-refractivity contribution < 1.29 is 9.90 Å². The normalized spacial score (nSPS) is 15.6. The zero-order valence-electron chi connectivity index (χ0n) is 16.8. The summed E-state index contributed by atoms with van der Waals surface area (Å²) in [6.07, 6.45) is 2.59. The molecule has 1 fully saturated rings. The molecule has 0 atom stereocenters. The number of hydrogen-bond donors (Lipinski definition) is 1. The minimum absolute atomic E-state index is 0.0930. The van der Waals surface area contributed by atoms with Crippen LogP contribution in [-0.2, 0) is 12.1 Å². The predicted octanol–water partition coefficient (Wildman–Crippen LogP) is 2.63. The maximum absolute atomic E-state index is 12.7. The molecule has 152 valence electrons. The van der Waals surface area contributed by atoms with Crippen molar-refractivity contribution in [2.75, 3.05) is 13.1 Å². The van der Waals surface area contributed by atoms with Crippen LogP contribution < -0.4 is 0 Å². The molecule has 30 heavy (non-hydrogen) atoms. The molecule has 7 heteroatoms. The largest absolute Gasteiger partial charge is 0.383 e. The fourth-order valence-corrected chi connectivity index (χ4v) is 3.68. The molecule has 3 aromatic rings. The molecule has 2 heterocycles. The molecule has 7 nitrogen and oxygen atoms in total. The average Bonchev–Trinajstić information content (AvgIpc) is 3.25. The molecular weight excluding hydrogens is 378 g/mol. The number of benzene rings is 2. The van der Waals surface area contributed by atoms with Gasteiger partial charge in [0, 0.05) is 18.7 Å². The minimum atomic E-state index is -1.09. The molecule has 4 rings (SSSR count). The van der Waals surface area contributed by atoms with Gasteiger partial charge in [0.15, 0.2) is 0 Å². The highest BCUT2D eigenvalue weighted by Crippen LogP contribution is 2.32. The monoisotopic (exact) mass is 401 g/mol. The number of likely N-dealkylation sites (tertiary alicyclic amines) is 1. The number of piperidine rings is 1. The van der Waals surface area contributed by atoms with Crippen molar-refractivity contribution in [3.8, 4) is 6.07 Å². The smallest absolute Gasteiger partial charge is 0.253 e. The number of aromatic nitrogens is 3. The van der Waals surface area contributed by atoms with E-state index in [0.29, 0.717) is 49.3 Å². The topological polar surface area (TPSA) is 95.0 Å². The number of amides is 1. The Morgan fingerprint density at radius 2 is 1.80 bits per heavy atom. The average molecular weight is 401 g/mol. The Balaban J connectivity index is 1.40. The summed E-state index contributed by atoms with van der Waals surface area (Å²) < 4.78 is 1.73. The number of nitrogens with zero attached hydrogens (tertiary/aromatic N) is 5. The summed E-state index contributed by atoms with van der Waals surface area (Å²) in [5.41, 5.74) is 2.84. The van der Waals surface area contributed by atoms with E-state index in [-0.39, 0.29) is 5.91 Å². The van der Waals surface area contributed by atoms with Crippen molar-refractivity contribution in [1.82, 2.24) is 19.9 Å². The summed E-state index contributed by atoms with van der Waals surface area (Å²) in [6.45, 7) is 3.50. The molecule has 2 aromatic carbocycles. The predicted molar refractivity (Wildman–Crippen MR) is 110 cm³/mol. The number of carbonyl (C=O) groups excluding carboxylic acids is 1. The van der Waals surface area contributed by atoms with E-state index >= 15 is 0 Å². The standard InChI is InChI=1S/C23H23N5O2/c1-17-2-4-19(5-3-17)15-28-16-21(25-26-28)23(30)10-12-27(13-11-23)22(29)20-8-6-18(14-24)7-9-20/h2-9,16,30H,10-13,15H2,1H3. The van der Waals surface area contributed by atoms with Crippen LogP contribution in [0.25, 0.3) is 0 Å². The molecule has 0 bridgehead atoms. The van der Waals surface area contributed by atoms with Crippen molar-refractivity contribution in [2.45, 2.75) is 31.9 Å². The first kappa shape index (κ1) is 19.8. The van der Waals surface area contributed by atoms with Gasteiger partial charge in [-0.1, -0.05) is 35.0 Å².